The third kappa shape index (κ3) is 2.43. The van der Waals surface area contributed by atoms with Crippen LogP contribution in [-0.4, -0.2) is 10.1 Å². The Hall–Kier alpha value is -1.60. The molecule has 0 bridgehead atoms. The van der Waals surface area contributed by atoms with Crippen molar-refractivity contribution in [3.63, 3.8) is 0 Å². The second-order valence-corrected chi connectivity index (χ2v) is 5.47. The normalized spacial score (nSPS) is 12.7. The fraction of sp³-hybridized carbons (Fsp3) is 0.0714. The third-order valence-corrected chi connectivity index (χ3v) is 3.67. The van der Waals surface area contributed by atoms with Crippen molar-refractivity contribution in [1.82, 2.24) is 4.98 Å². The molecule has 19 heavy (non-hydrogen) atoms. The molecule has 2 aromatic carbocycles. The van der Waals surface area contributed by atoms with E-state index in [2.05, 4.69) is 27.6 Å². The molecule has 1 heterocycles. The number of H-pyrrole nitrogens is 1. The van der Waals surface area contributed by atoms with Crippen molar-refractivity contribution in [2.45, 2.75) is 6.10 Å². The third-order valence-electron chi connectivity index (χ3n) is 2.95. The van der Waals surface area contributed by atoms with Gasteiger partial charge in [-0.2, -0.15) is 0 Å². The Morgan fingerprint density at radius 1 is 1.11 bits per heavy atom. The van der Waals surface area contributed by atoms with E-state index >= 15 is 0 Å². The molecule has 5 heteroatoms. The smallest absolute Gasteiger partial charge is 0.408 e. The van der Waals surface area contributed by atoms with E-state index < -0.39 is 11.9 Å². The minimum Gasteiger partial charge on any atom is -0.408 e. The van der Waals surface area contributed by atoms with Gasteiger partial charge >= 0.3 is 5.76 Å². The number of halogens is 1. The number of hydrogen-bond acceptors (Lipinski definition) is 3. The van der Waals surface area contributed by atoms with Gasteiger partial charge in [-0.1, -0.05) is 18.2 Å². The summed E-state index contributed by atoms with van der Waals surface area (Å²) in [5.74, 6) is -0.490. The number of rotatable bonds is 2. The first-order valence-electron chi connectivity index (χ1n) is 5.70. The van der Waals surface area contributed by atoms with E-state index in [0.29, 0.717) is 16.7 Å². The molecule has 1 atom stereocenters. The molecule has 0 fully saturated rings. The first kappa shape index (κ1) is 12.4. The van der Waals surface area contributed by atoms with E-state index in [-0.39, 0.29) is 0 Å². The van der Waals surface area contributed by atoms with Crippen molar-refractivity contribution in [3.8, 4) is 0 Å². The number of aliphatic hydroxyl groups is 1. The van der Waals surface area contributed by atoms with Crippen molar-refractivity contribution >= 4 is 33.7 Å². The second kappa shape index (κ2) is 4.82. The summed E-state index contributed by atoms with van der Waals surface area (Å²) in [6.45, 7) is 0. The van der Waals surface area contributed by atoms with Crippen LogP contribution in [0.2, 0.25) is 0 Å². The molecule has 0 radical (unpaired) electrons. The highest BCUT2D eigenvalue weighted by Gasteiger charge is 2.12. The van der Waals surface area contributed by atoms with Crippen LogP contribution in [0.4, 0.5) is 0 Å². The summed E-state index contributed by atoms with van der Waals surface area (Å²) in [7, 11) is 0. The van der Waals surface area contributed by atoms with Gasteiger partial charge in [0.05, 0.1) is 5.52 Å². The number of oxazole rings is 1. The van der Waals surface area contributed by atoms with E-state index in [1.165, 1.54) is 0 Å². The summed E-state index contributed by atoms with van der Waals surface area (Å²) in [5, 5.41) is 10.3. The van der Waals surface area contributed by atoms with Gasteiger partial charge in [0.1, 0.15) is 6.10 Å². The lowest BCUT2D eigenvalue weighted by Crippen LogP contribution is -1.99. The van der Waals surface area contributed by atoms with Crippen molar-refractivity contribution in [2.24, 2.45) is 0 Å². The van der Waals surface area contributed by atoms with Gasteiger partial charge in [-0.15, -0.1) is 0 Å². The zero-order chi connectivity index (χ0) is 13.4. The molecular weight excluding hydrogens is 357 g/mol. The molecule has 0 amide bonds. The molecule has 0 spiro atoms. The quantitative estimate of drug-likeness (QED) is 0.685. The molecule has 1 unspecified atom stereocenters. The van der Waals surface area contributed by atoms with Gasteiger partial charge < -0.3 is 9.52 Å². The number of aromatic amines is 1. The number of aromatic nitrogens is 1. The lowest BCUT2D eigenvalue weighted by molar-refractivity contribution is 0.220. The maximum Gasteiger partial charge on any atom is 0.417 e. The highest BCUT2D eigenvalue weighted by molar-refractivity contribution is 14.1. The maximum absolute atomic E-state index is 11.1. The predicted octanol–water partition coefficient (Wildman–Crippen LogP) is 2.81. The standard InChI is InChI=1S/C14H10INO3/c15-10-4-1-8(2-5-10)13(17)9-3-6-11-12(7-9)19-14(18)16-11/h1-7,13,17H,(H,16,18). The van der Waals surface area contributed by atoms with Crippen molar-refractivity contribution in [2.75, 3.05) is 0 Å². The molecule has 0 saturated carbocycles. The van der Waals surface area contributed by atoms with Crippen molar-refractivity contribution in [3.05, 3.63) is 67.7 Å². The Labute approximate surface area is 122 Å². The summed E-state index contributed by atoms with van der Waals surface area (Å²) >= 11 is 2.21. The highest BCUT2D eigenvalue weighted by Crippen LogP contribution is 2.25. The Bertz CT molecular complexity index is 773. The Morgan fingerprint density at radius 3 is 2.53 bits per heavy atom. The van der Waals surface area contributed by atoms with Crippen LogP contribution in [-0.2, 0) is 0 Å². The van der Waals surface area contributed by atoms with E-state index in [1.54, 1.807) is 18.2 Å². The van der Waals surface area contributed by atoms with Gasteiger partial charge in [0.25, 0.3) is 0 Å². The number of benzene rings is 2. The van der Waals surface area contributed by atoms with Crippen LogP contribution < -0.4 is 5.76 Å². The van der Waals surface area contributed by atoms with Crippen LogP contribution >= 0.6 is 22.6 Å². The van der Waals surface area contributed by atoms with Gasteiger partial charge in [-0.3, -0.25) is 4.98 Å². The average Bonchev–Trinajstić information content (AvgIpc) is 2.77. The van der Waals surface area contributed by atoms with E-state index in [1.807, 2.05) is 24.3 Å². The fourth-order valence-corrected chi connectivity index (χ4v) is 2.33. The molecule has 3 aromatic rings. The minimum atomic E-state index is -0.735. The molecule has 0 aliphatic rings. The summed E-state index contributed by atoms with van der Waals surface area (Å²) < 4.78 is 6.10. The van der Waals surface area contributed by atoms with Gasteiger partial charge in [-0.25, -0.2) is 4.79 Å². The van der Waals surface area contributed by atoms with E-state index in [9.17, 15) is 9.90 Å². The predicted molar refractivity (Wildman–Crippen MR) is 80.1 cm³/mol. The Kier molecular flexibility index (Phi) is 3.16. The molecule has 96 valence electrons. The van der Waals surface area contributed by atoms with Crippen LogP contribution in [0.25, 0.3) is 11.1 Å². The molecule has 0 aliphatic carbocycles. The van der Waals surface area contributed by atoms with Crippen LogP contribution in [0, 0.1) is 3.57 Å². The maximum atomic E-state index is 11.1. The lowest BCUT2D eigenvalue weighted by atomic mass is 10.0. The van der Waals surface area contributed by atoms with Crippen LogP contribution in [0.3, 0.4) is 0 Å². The highest BCUT2D eigenvalue weighted by atomic mass is 127. The Balaban J connectivity index is 2.03. The van der Waals surface area contributed by atoms with Gasteiger partial charge in [-0.05, 0) is 58.0 Å². The van der Waals surface area contributed by atoms with E-state index in [0.717, 1.165) is 9.13 Å². The number of nitrogens with one attached hydrogen (secondary N) is 1. The number of hydrogen-bond donors (Lipinski definition) is 2. The van der Waals surface area contributed by atoms with Gasteiger partial charge in [0.15, 0.2) is 5.58 Å². The van der Waals surface area contributed by atoms with Gasteiger partial charge in [0.2, 0.25) is 0 Å². The summed E-state index contributed by atoms with van der Waals surface area (Å²) in [6, 6.07) is 12.8. The average molecular weight is 367 g/mol. The molecule has 0 saturated heterocycles. The largest absolute Gasteiger partial charge is 0.417 e. The lowest BCUT2D eigenvalue weighted by Gasteiger charge is -2.11. The molecule has 2 N–H and O–H groups in total. The number of aliphatic hydroxyl groups excluding tert-OH is 1. The number of fused-ring (bicyclic) bond motifs is 1. The Morgan fingerprint density at radius 2 is 1.79 bits per heavy atom. The summed E-state index contributed by atoms with van der Waals surface area (Å²) in [5.41, 5.74) is 2.57. The fourth-order valence-electron chi connectivity index (χ4n) is 1.97. The van der Waals surface area contributed by atoms with Crippen LogP contribution in [0.15, 0.2) is 51.7 Å². The first-order chi connectivity index (χ1) is 9.13. The molecular formula is C14H10INO3. The molecule has 0 aliphatic heterocycles. The monoisotopic (exact) mass is 367 g/mol. The van der Waals surface area contributed by atoms with Crippen LogP contribution in [0.1, 0.15) is 17.2 Å². The summed E-state index contributed by atoms with van der Waals surface area (Å²) in [6.07, 6.45) is -0.735. The first-order valence-corrected chi connectivity index (χ1v) is 6.78. The molecule has 3 rings (SSSR count). The topological polar surface area (TPSA) is 66.2 Å². The zero-order valence-electron chi connectivity index (χ0n) is 9.76. The minimum absolute atomic E-state index is 0.451. The van der Waals surface area contributed by atoms with Crippen molar-refractivity contribution in [1.29, 1.82) is 0 Å². The second-order valence-electron chi connectivity index (χ2n) is 4.22. The van der Waals surface area contributed by atoms with E-state index in [4.69, 9.17) is 4.42 Å². The SMILES string of the molecule is O=c1[nH]c2ccc(C(O)c3ccc(I)cc3)cc2o1. The van der Waals surface area contributed by atoms with Crippen molar-refractivity contribution < 1.29 is 9.52 Å². The zero-order valence-corrected chi connectivity index (χ0v) is 11.9. The molecule has 1 aromatic heterocycles. The molecule has 4 nitrogen and oxygen atoms in total. The summed E-state index contributed by atoms with van der Waals surface area (Å²) in [4.78, 5) is 13.7. The van der Waals surface area contributed by atoms with Gasteiger partial charge in [0, 0.05) is 3.57 Å². The van der Waals surface area contributed by atoms with Crippen LogP contribution in [0.5, 0.6) is 0 Å².